The lowest BCUT2D eigenvalue weighted by Gasteiger charge is -2.13. The van der Waals surface area contributed by atoms with Gasteiger partial charge in [0.1, 0.15) is 0 Å². The quantitative estimate of drug-likeness (QED) is 0.592. The van der Waals surface area contributed by atoms with E-state index in [1.807, 2.05) is 0 Å². The summed E-state index contributed by atoms with van der Waals surface area (Å²) in [7, 11) is 1.72. The second-order valence-electron chi connectivity index (χ2n) is 3.32. The van der Waals surface area contributed by atoms with Gasteiger partial charge in [0.15, 0.2) is 0 Å². The molecule has 0 fully saturated rings. The number of rotatable bonds is 6. The van der Waals surface area contributed by atoms with Crippen LogP contribution in [0.25, 0.3) is 0 Å². The Hall–Kier alpha value is -0.0800. The average Bonchev–Trinajstić information content (AvgIpc) is 1.97. The highest BCUT2D eigenvalue weighted by atomic mass is 16.5. The van der Waals surface area contributed by atoms with E-state index in [4.69, 9.17) is 9.47 Å². The minimum atomic E-state index is 0.331. The zero-order valence-corrected chi connectivity index (χ0v) is 8.09. The van der Waals surface area contributed by atoms with Crippen LogP contribution in [0.15, 0.2) is 0 Å². The summed E-state index contributed by atoms with van der Waals surface area (Å²) in [6.07, 6.45) is 1.32. The molecular weight excluding hydrogens is 140 g/mol. The summed E-state index contributed by atoms with van der Waals surface area (Å²) >= 11 is 0. The molecule has 0 aliphatic rings. The first-order chi connectivity index (χ1) is 5.16. The molecule has 0 bridgehead atoms. The molecule has 0 saturated heterocycles. The molecule has 1 unspecified atom stereocenters. The van der Waals surface area contributed by atoms with E-state index in [0.717, 1.165) is 19.6 Å². The van der Waals surface area contributed by atoms with Crippen molar-refractivity contribution in [2.45, 2.75) is 33.3 Å². The van der Waals surface area contributed by atoms with Crippen LogP contribution >= 0.6 is 0 Å². The lowest BCUT2D eigenvalue weighted by Crippen LogP contribution is -2.14. The zero-order chi connectivity index (χ0) is 8.69. The molecule has 0 aliphatic carbocycles. The summed E-state index contributed by atoms with van der Waals surface area (Å²) in [4.78, 5) is 0. The topological polar surface area (TPSA) is 18.5 Å². The van der Waals surface area contributed by atoms with Gasteiger partial charge >= 0.3 is 0 Å². The van der Waals surface area contributed by atoms with Crippen LogP contribution in [0.3, 0.4) is 0 Å². The molecule has 0 aromatic rings. The van der Waals surface area contributed by atoms with Crippen molar-refractivity contribution < 1.29 is 9.47 Å². The van der Waals surface area contributed by atoms with Gasteiger partial charge in [-0.2, -0.15) is 0 Å². The third kappa shape index (κ3) is 7.82. The molecular formula is C9H20O2. The maximum atomic E-state index is 5.53. The Kier molecular flexibility index (Phi) is 6.57. The van der Waals surface area contributed by atoms with Gasteiger partial charge in [-0.15, -0.1) is 0 Å². The largest absolute Gasteiger partial charge is 0.385 e. The highest BCUT2D eigenvalue weighted by Crippen LogP contribution is 2.01. The van der Waals surface area contributed by atoms with Crippen molar-refractivity contribution in [1.29, 1.82) is 0 Å². The van der Waals surface area contributed by atoms with Gasteiger partial charge in [0, 0.05) is 20.3 Å². The van der Waals surface area contributed by atoms with Crippen molar-refractivity contribution in [3.8, 4) is 0 Å². The van der Waals surface area contributed by atoms with E-state index in [-0.39, 0.29) is 0 Å². The third-order valence-corrected chi connectivity index (χ3v) is 1.44. The van der Waals surface area contributed by atoms with E-state index in [1.165, 1.54) is 0 Å². The SMILES string of the molecule is COCCC(C)OCC(C)C. The minimum absolute atomic E-state index is 0.331. The molecule has 0 aliphatic heterocycles. The minimum Gasteiger partial charge on any atom is -0.385 e. The Morgan fingerprint density at radius 1 is 1.18 bits per heavy atom. The number of ether oxygens (including phenoxy) is 2. The highest BCUT2D eigenvalue weighted by molar-refractivity contribution is 4.50. The Morgan fingerprint density at radius 3 is 2.27 bits per heavy atom. The second kappa shape index (κ2) is 6.62. The monoisotopic (exact) mass is 160 g/mol. The Labute approximate surface area is 69.9 Å². The second-order valence-corrected chi connectivity index (χ2v) is 3.32. The van der Waals surface area contributed by atoms with E-state index < -0.39 is 0 Å². The molecule has 11 heavy (non-hydrogen) atoms. The van der Waals surface area contributed by atoms with Crippen molar-refractivity contribution in [1.82, 2.24) is 0 Å². The third-order valence-electron chi connectivity index (χ3n) is 1.44. The fraction of sp³-hybridized carbons (Fsp3) is 1.00. The van der Waals surface area contributed by atoms with E-state index in [1.54, 1.807) is 7.11 Å². The van der Waals surface area contributed by atoms with Crippen LogP contribution < -0.4 is 0 Å². The molecule has 0 aromatic carbocycles. The zero-order valence-electron chi connectivity index (χ0n) is 8.09. The van der Waals surface area contributed by atoms with E-state index >= 15 is 0 Å². The molecule has 0 aromatic heterocycles. The number of methoxy groups -OCH3 is 1. The maximum Gasteiger partial charge on any atom is 0.0569 e. The van der Waals surface area contributed by atoms with Crippen LogP contribution in [0.1, 0.15) is 27.2 Å². The summed E-state index contributed by atoms with van der Waals surface area (Å²) in [6, 6.07) is 0. The van der Waals surface area contributed by atoms with Gasteiger partial charge in [0.05, 0.1) is 6.10 Å². The molecule has 0 spiro atoms. The van der Waals surface area contributed by atoms with Gasteiger partial charge in [-0.3, -0.25) is 0 Å². The first-order valence-electron chi connectivity index (χ1n) is 4.27. The van der Waals surface area contributed by atoms with Crippen molar-refractivity contribution in [2.75, 3.05) is 20.3 Å². The molecule has 2 heteroatoms. The van der Waals surface area contributed by atoms with Crippen LogP contribution in [0.4, 0.5) is 0 Å². The molecule has 0 N–H and O–H groups in total. The maximum absolute atomic E-state index is 5.53. The fourth-order valence-corrected chi connectivity index (χ4v) is 0.724. The predicted molar refractivity (Wildman–Crippen MR) is 46.7 cm³/mol. The molecule has 0 radical (unpaired) electrons. The number of hydrogen-bond donors (Lipinski definition) is 0. The van der Waals surface area contributed by atoms with Crippen LogP contribution in [0.2, 0.25) is 0 Å². The lowest BCUT2D eigenvalue weighted by molar-refractivity contribution is 0.0265. The molecule has 1 atom stereocenters. The van der Waals surface area contributed by atoms with Crippen molar-refractivity contribution in [3.63, 3.8) is 0 Å². The predicted octanol–water partition coefficient (Wildman–Crippen LogP) is 2.08. The molecule has 0 heterocycles. The molecule has 0 rings (SSSR count). The van der Waals surface area contributed by atoms with Crippen LogP contribution in [0, 0.1) is 5.92 Å². The Bertz CT molecular complexity index is 81.6. The van der Waals surface area contributed by atoms with Crippen molar-refractivity contribution in [2.24, 2.45) is 5.92 Å². The van der Waals surface area contributed by atoms with Crippen LogP contribution in [-0.2, 0) is 9.47 Å². The van der Waals surface area contributed by atoms with E-state index in [9.17, 15) is 0 Å². The van der Waals surface area contributed by atoms with Gasteiger partial charge in [0.25, 0.3) is 0 Å². The summed E-state index contributed by atoms with van der Waals surface area (Å²) in [6.45, 7) is 8.04. The van der Waals surface area contributed by atoms with Crippen LogP contribution in [-0.4, -0.2) is 26.4 Å². The summed E-state index contributed by atoms with van der Waals surface area (Å²) in [5, 5.41) is 0. The van der Waals surface area contributed by atoms with Crippen LogP contribution in [0.5, 0.6) is 0 Å². The number of hydrogen-bond acceptors (Lipinski definition) is 2. The summed E-state index contributed by atoms with van der Waals surface area (Å²) < 4.78 is 10.5. The van der Waals surface area contributed by atoms with E-state index in [0.29, 0.717) is 12.0 Å². The summed E-state index contributed by atoms with van der Waals surface area (Å²) in [5.74, 6) is 0.625. The Balaban J connectivity index is 3.15. The van der Waals surface area contributed by atoms with Crippen molar-refractivity contribution in [3.05, 3.63) is 0 Å². The average molecular weight is 160 g/mol. The first kappa shape index (κ1) is 10.9. The smallest absolute Gasteiger partial charge is 0.0569 e. The fourth-order valence-electron chi connectivity index (χ4n) is 0.724. The standard InChI is InChI=1S/C9H20O2/c1-8(2)7-11-9(3)5-6-10-4/h8-9H,5-7H2,1-4H3. The van der Waals surface area contributed by atoms with Gasteiger partial charge < -0.3 is 9.47 Å². The van der Waals surface area contributed by atoms with Gasteiger partial charge in [-0.1, -0.05) is 13.8 Å². The first-order valence-corrected chi connectivity index (χ1v) is 4.27. The van der Waals surface area contributed by atoms with Gasteiger partial charge in [0.2, 0.25) is 0 Å². The van der Waals surface area contributed by atoms with Crippen molar-refractivity contribution >= 4 is 0 Å². The van der Waals surface area contributed by atoms with Gasteiger partial charge in [-0.05, 0) is 19.3 Å². The molecule has 2 nitrogen and oxygen atoms in total. The summed E-state index contributed by atoms with van der Waals surface area (Å²) in [5.41, 5.74) is 0. The molecule has 68 valence electrons. The van der Waals surface area contributed by atoms with Gasteiger partial charge in [-0.25, -0.2) is 0 Å². The molecule has 0 saturated carbocycles. The lowest BCUT2D eigenvalue weighted by atomic mass is 10.2. The Morgan fingerprint density at radius 2 is 1.82 bits per heavy atom. The highest BCUT2D eigenvalue weighted by Gasteiger charge is 2.02. The molecule has 0 amide bonds. The van der Waals surface area contributed by atoms with E-state index in [2.05, 4.69) is 20.8 Å². The normalized spacial score (nSPS) is 13.9.